The van der Waals surface area contributed by atoms with Crippen LogP contribution in [0, 0.1) is 5.92 Å². The van der Waals surface area contributed by atoms with Gasteiger partial charge in [-0.25, -0.2) is 4.98 Å². The summed E-state index contributed by atoms with van der Waals surface area (Å²) in [7, 11) is 3.12. The van der Waals surface area contributed by atoms with Crippen LogP contribution in [-0.4, -0.2) is 80.1 Å². The number of rotatable bonds is 5. The van der Waals surface area contributed by atoms with E-state index in [-0.39, 0.29) is 17.7 Å². The number of amides is 2. The van der Waals surface area contributed by atoms with Crippen molar-refractivity contribution in [3.63, 3.8) is 0 Å². The third-order valence-corrected chi connectivity index (χ3v) is 6.65. The van der Waals surface area contributed by atoms with Crippen LogP contribution >= 0.6 is 11.6 Å². The molecule has 0 N–H and O–H groups in total. The molecule has 0 spiro atoms. The number of nitrogens with zero attached hydrogens (tertiary/aromatic N) is 4. The van der Waals surface area contributed by atoms with Gasteiger partial charge in [0.1, 0.15) is 17.3 Å². The number of likely N-dealkylation sites (tertiary alicyclic amines) is 1. The smallest absolute Gasteiger partial charge is 0.254 e. The van der Waals surface area contributed by atoms with Crippen LogP contribution in [0.1, 0.15) is 23.2 Å². The highest BCUT2D eigenvalue weighted by Gasteiger charge is 2.32. The summed E-state index contributed by atoms with van der Waals surface area (Å²) in [6, 6.07) is 8.82. The molecule has 0 saturated carbocycles. The van der Waals surface area contributed by atoms with Gasteiger partial charge in [0.05, 0.1) is 19.2 Å². The lowest BCUT2D eigenvalue weighted by Crippen LogP contribution is -2.52. The van der Waals surface area contributed by atoms with Crippen molar-refractivity contribution in [2.24, 2.45) is 5.92 Å². The lowest BCUT2D eigenvalue weighted by atomic mass is 9.94. The van der Waals surface area contributed by atoms with Crippen molar-refractivity contribution in [2.45, 2.75) is 12.8 Å². The molecule has 176 valence electrons. The Hall–Kier alpha value is -3.00. The lowest BCUT2D eigenvalue weighted by molar-refractivity contribution is -0.137. The number of methoxy groups -OCH3 is 2. The third kappa shape index (κ3) is 5.16. The van der Waals surface area contributed by atoms with Gasteiger partial charge in [0.2, 0.25) is 5.91 Å². The Bertz CT molecular complexity index is 979. The van der Waals surface area contributed by atoms with E-state index in [9.17, 15) is 9.59 Å². The van der Waals surface area contributed by atoms with Crippen molar-refractivity contribution >= 4 is 29.2 Å². The minimum Gasteiger partial charge on any atom is -0.497 e. The highest BCUT2D eigenvalue weighted by molar-refractivity contribution is 6.32. The molecule has 1 aromatic heterocycles. The molecule has 2 aliphatic rings. The highest BCUT2D eigenvalue weighted by Crippen LogP contribution is 2.27. The summed E-state index contributed by atoms with van der Waals surface area (Å²) in [6.45, 7) is 3.81. The maximum Gasteiger partial charge on any atom is 0.254 e. The second kappa shape index (κ2) is 10.3. The first-order chi connectivity index (χ1) is 16.0. The molecule has 0 bridgehead atoms. The van der Waals surface area contributed by atoms with Gasteiger partial charge in [-0.3, -0.25) is 9.59 Å². The van der Waals surface area contributed by atoms with Crippen LogP contribution in [0.2, 0.25) is 5.02 Å². The number of piperazine rings is 1. The van der Waals surface area contributed by atoms with Crippen molar-refractivity contribution < 1.29 is 19.1 Å². The lowest BCUT2D eigenvalue weighted by Gasteiger charge is -2.39. The molecular formula is C24H29ClN4O4. The Morgan fingerprint density at radius 1 is 0.939 bits per heavy atom. The molecule has 8 nitrogen and oxygen atoms in total. The molecule has 0 atom stereocenters. The predicted molar refractivity (Wildman–Crippen MR) is 126 cm³/mol. The summed E-state index contributed by atoms with van der Waals surface area (Å²) in [5, 5.41) is 0.628. The van der Waals surface area contributed by atoms with Gasteiger partial charge in [0, 0.05) is 63.0 Å². The van der Waals surface area contributed by atoms with Crippen LogP contribution in [-0.2, 0) is 4.79 Å². The Morgan fingerprint density at radius 2 is 1.58 bits per heavy atom. The largest absolute Gasteiger partial charge is 0.497 e. The number of benzene rings is 1. The molecule has 1 aromatic carbocycles. The van der Waals surface area contributed by atoms with Crippen molar-refractivity contribution in [1.82, 2.24) is 14.8 Å². The third-order valence-electron chi connectivity index (χ3n) is 6.36. The van der Waals surface area contributed by atoms with Gasteiger partial charge < -0.3 is 24.2 Å². The Morgan fingerprint density at radius 3 is 2.15 bits per heavy atom. The first kappa shape index (κ1) is 23.2. The zero-order chi connectivity index (χ0) is 23.4. The van der Waals surface area contributed by atoms with Gasteiger partial charge in [0.15, 0.2) is 0 Å². The number of piperidine rings is 1. The second-order valence-electron chi connectivity index (χ2n) is 8.29. The summed E-state index contributed by atoms with van der Waals surface area (Å²) >= 11 is 6.26. The molecule has 2 fully saturated rings. The maximum atomic E-state index is 13.1. The topological polar surface area (TPSA) is 75.2 Å². The number of hydrogen-bond acceptors (Lipinski definition) is 6. The van der Waals surface area contributed by atoms with Gasteiger partial charge in [0.25, 0.3) is 5.91 Å². The number of hydrogen-bond donors (Lipinski definition) is 0. The summed E-state index contributed by atoms with van der Waals surface area (Å²) in [6.07, 6.45) is 3.06. The number of anilines is 1. The normalized spacial score (nSPS) is 17.1. The van der Waals surface area contributed by atoms with Gasteiger partial charge >= 0.3 is 0 Å². The molecule has 33 heavy (non-hydrogen) atoms. The molecular weight excluding hydrogens is 444 g/mol. The molecule has 4 rings (SSSR count). The van der Waals surface area contributed by atoms with E-state index < -0.39 is 0 Å². The van der Waals surface area contributed by atoms with E-state index in [0.717, 1.165) is 5.82 Å². The standard InChI is InChI=1S/C24H29ClN4O4/c1-32-19-14-18(15-20(16-19)33-2)24(31)28-8-5-17(6-9-28)23(30)29-12-10-27(11-13-29)22-21(25)4-3-7-26-22/h3-4,7,14-17H,5-6,8-13H2,1-2H3. The minimum atomic E-state index is -0.0704. The molecule has 0 unspecified atom stereocenters. The van der Waals surface area contributed by atoms with E-state index in [1.54, 1.807) is 43.5 Å². The van der Waals surface area contributed by atoms with Gasteiger partial charge in [-0.05, 0) is 37.1 Å². The number of carbonyl (C=O) groups is 2. The maximum absolute atomic E-state index is 13.1. The summed E-state index contributed by atoms with van der Waals surface area (Å²) in [5.74, 6) is 1.98. The van der Waals surface area contributed by atoms with E-state index in [1.807, 2.05) is 17.0 Å². The fourth-order valence-corrected chi connectivity index (χ4v) is 4.69. The van der Waals surface area contributed by atoms with Gasteiger partial charge in [-0.1, -0.05) is 11.6 Å². The number of ether oxygens (including phenoxy) is 2. The van der Waals surface area contributed by atoms with Crippen LogP contribution < -0.4 is 14.4 Å². The number of pyridine rings is 1. The summed E-state index contributed by atoms with van der Waals surface area (Å²) < 4.78 is 10.6. The Labute approximate surface area is 199 Å². The highest BCUT2D eigenvalue weighted by atomic mass is 35.5. The van der Waals surface area contributed by atoms with Crippen molar-refractivity contribution in [2.75, 3.05) is 58.4 Å². The molecule has 0 radical (unpaired) electrons. The zero-order valence-electron chi connectivity index (χ0n) is 19.0. The van der Waals surface area contributed by atoms with Crippen LogP contribution in [0.5, 0.6) is 11.5 Å². The van der Waals surface area contributed by atoms with Crippen LogP contribution in [0.25, 0.3) is 0 Å². The number of aromatic nitrogens is 1. The Balaban J connectivity index is 1.31. The molecule has 9 heteroatoms. The monoisotopic (exact) mass is 472 g/mol. The SMILES string of the molecule is COc1cc(OC)cc(C(=O)N2CCC(C(=O)N3CCN(c4ncccc4Cl)CC3)CC2)c1. The molecule has 2 aromatic rings. The zero-order valence-corrected chi connectivity index (χ0v) is 19.8. The number of carbonyl (C=O) groups excluding carboxylic acids is 2. The van der Waals surface area contributed by atoms with Crippen LogP contribution in [0.3, 0.4) is 0 Å². The first-order valence-corrected chi connectivity index (χ1v) is 11.5. The minimum absolute atomic E-state index is 0.0566. The summed E-state index contributed by atoms with van der Waals surface area (Å²) in [5.41, 5.74) is 0.528. The van der Waals surface area contributed by atoms with Crippen molar-refractivity contribution in [3.8, 4) is 11.5 Å². The van der Waals surface area contributed by atoms with E-state index >= 15 is 0 Å². The van der Waals surface area contributed by atoms with Crippen molar-refractivity contribution in [3.05, 3.63) is 47.1 Å². The molecule has 0 aliphatic carbocycles. The summed E-state index contributed by atoms with van der Waals surface area (Å²) in [4.78, 5) is 36.3. The van der Waals surface area contributed by atoms with E-state index in [2.05, 4.69) is 9.88 Å². The van der Waals surface area contributed by atoms with Crippen LogP contribution in [0.4, 0.5) is 5.82 Å². The van der Waals surface area contributed by atoms with Gasteiger partial charge in [-0.2, -0.15) is 0 Å². The van der Waals surface area contributed by atoms with E-state index in [1.165, 1.54) is 0 Å². The molecule has 2 aliphatic heterocycles. The fourth-order valence-electron chi connectivity index (χ4n) is 4.45. The Kier molecular flexibility index (Phi) is 7.23. The van der Waals surface area contributed by atoms with Crippen LogP contribution in [0.15, 0.2) is 36.5 Å². The quantitative estimate of drug-likeness (QED) is 0.666. The van der Waals surface area contributed by atoms with Crippen molar-refractivity contribution in [1.29, 1.82) is 0 Å². The number of halogens is 1. The average molecular weight is 473 g/mol. The van der Waals surface area contributed by atoms with Gasteiger partial charge in [-0.15, -0.1) is 0 Å². The average Bonchev–Trinajstić information content (AvgIpc) is 2.88. The molecule has 3 heterocycles. The second-order valence-corrected chi connectivity index (χ2v) is 8.70. The predicted octanol–water partition coefficient (Wildman–Crippen LogP) is 2.95. The van der Waals surface area contributed by atoms with E-state index in [0.29, 0.717) is 74.2 Å². The fraction of sp³-hybridized carbons (Fsp3) is 0.458. The van der Waals surface area contributed by atoms with E-state index in [4.69, 9.17) is 21.1 Å². The first-order valence-electron chi connectivity index (χ1n) is 11.2. The molecule has 2 amide bonds. The molecule has 2 saturated heterocycles.